The van der Waals surface area contributed by atoms with Crippen molar-refractivity contribution in [2.24, 2.45) is 0 Å². The van der Waals surface area contributed by atoms with Crippen LogP contribution in [0.5, 0.6) is 0 Å². The molecule has 1 aromatic heterocycles. The smallest absolute Gasteiger partial charge is 0.266 e. The van der Waals surface area contributed by atoms with Gasteiger partial charge in [0, 0.05) is 0 Å². The Kier molecular flexibility index (Phi) is 2.56. The summed E-state index contributed by atoms with van der Waals surface area (Å²) in [6.45, 7) is 0. The molecule has 0 fully saturated rings. The highest BCUT2D eigenvalue weighted by Gasteiger charge is 2.05. The fourth-order valence-corrected chi connectivity index (χ4v) is 0.653. The third-order valence-corrected chi connectivity index (χ3v) is 1.24. The lowest BCUT2D eigenvalue weighted by molar-refractivity contribution is 0.0967. The molecule has 0 aliphatic carbocycles. The lowest BCUT2D eigenvalue weighted by Gasteiger charge is -1.93. The first-order chi connectivity index (χ1) is 5.74. The molecule has 1 amide bonds. The summed E-state index contributed by atoms with van der Waals surface area (Å²) in [7, 11) is 0. The van der Waals surface area contributed by atoms with Gasteiger partial charge in [-0.15, -0.1) is 10.2 Å². The van der Waals surface area contributed by atoms with E-state index >= 15 is 0 Å². The first kappa shape index (κ1) is 8.43. The average molecular weight is 183 g/mol. The summed E-state index contributed by atoms with van der Waals surface area (Å²) in [4.78, 5) is 10.9. The van der Waals surface area contributed by atoms with Crippen LogP contribution in [0.1, 0.15) is 10.5 Å². The molecule has 0 radical (unpaired) electrons. The number of halogens is 1. The van der Waals surface area contributed by atoms with E-state index < -0.39 is 5.91 Å². The topological polar surface area (TPSA) is 78.7 Å². The monoisotopic (exact) mass is 182 g/mol. The molecular formula is C6H3ClN4O. The number of carbonyl (C=O) groups is 1. The first-order valence-corrected chi connectivity index (χ1v) is 3.30. The number of nitriles is 1. The fourth-order valence-electron chi connectivity index (χ4n) is 0.552. The largest absolute Gasteiger partial charge is 0.284 e. The molecule has 0 aliphatic heterocycles. The average Bonchev–Trinajstić information content (AvgIpc) is 2.06. The molecule has 0 atom stereocenters. The number of nitrogens with zero attached hydrogens (tertiary/aromatic N) is 3. The van der Waals surface area contributed by atoms with E-state index in [2.05, 4.69) is 10.2 Å². The highest BCUT2D eigenvalue weighted by atomic mass is 35.5. The minimum Gasteiger partial charge on any atom is -0.266 e. The Morgan fingerprint density at radius 2 is 2.33 bits per heavy atom. The van der Waals surface area contributed by atoms with Gasteiger partial charge < -0.3 is 0 Å². The third kappa shape index (κ3) is 1.90. The van der Waals surface area contributed by atoms with E-state index in [4.69, 9.17) is 16.9 Å². The van der Waals surface area contributed by atoms with E-state index in [1.165, 1.54) is 18.3 Å². The number of nitrogens with one attached hydrogen (secondary N) is 1. The molecule has 0 bridgehead atoms. The predicted octanol–water partition coefficient (Wildman–Crippen LogP) is 0.341. The second-order valence-electron chi connectivity index (χ2n) is 1.81. The Morgan fingerprint density at radius 3 is 2.83 bits per heavy atom. The van der Waals surface area contributed by atoms with Crippen molar-refractivity contribution in [1.82, 2.24) is 15.5 Å². The van der Waals surface area contributed by atoms with E-state index in [1.54, 1.807) is 0 Å². The third-order valence-electron chi connectivity index (χ3n) is 1.03. The van der Waals surface area contributed by atoms with Crippen molar-refractivity contribution < 1.29 is 4.79 Å². The molecule has 1 aromatic rings. The zero-order chi connectivity index (χ0) is 8.97. The predicted molar refractivity (Wildman–Crippen MR) is 40.1 cm³/mol. The van der Waals surface area contributed by atoms with Crippen LogP contribution in [0.2, 0.25) is 5.15 Å². The van der Waals surface area contributed by atoms with Crippen molar-refractivity contribution >= 4 is 17.5 Å². The Labute approximate surface area is 73.0 Å². The van der Waals surface area contributed by atoms with Gasteiger partial charge in [-0.05, 0) is 12.1 Å². The van der Waals surface area contributed by atoms with Crippen molar-refractivity contribution in [2.75, 3.05) is 0 Å². The summed E-state index contributed by atoms with van der Waals surface area (Å²) < 4.78 is 0. The molecule has 0 spiro atoms. The number of hydrogen-bond donors (Lipinski definition) is 1. The summed E-state index contributed by atoms with van der Waals surface area (Å²) >= 11 is 5.42. The molecular weight excluding hydrogens is 180 g/mol. The minimum absolute atomic E-state index is 0.0564. The normalized spacial score (nSPS) is 8.67. The molecule has 0 saturated heterocycles. The van der Waals surface area contributed by atoms with Gasteiger partial charge in [-0.2, -0.15) is 5.26 Å². The molecule has 0 aliphatic rings. The van der Waals surface area contributed by atoms with Crippen LogP contribution in [-0.4, -0.2) is 16.1 Å². The Balaban J connectivity index is 2.84. The molecule has 0 unspecified atom stereocenters. The number of rotatable bonds is 1. The first-order valence-electron chi connectivity index (χ1n) is 2.92. The summed E-state index contributed by atoms with van der Waals surface area (Å²) in [5.41, 5.74) is 0.0564. The number of hydrogen-bond acceptors (Lipinski definition) is 4. The van der Waals surface area contributed by atoms with Gasteiger partial charge in [-0.1, -0.05) is 11.6 Å². The van der Waals surface area contributed by atoms with E-state index in [0.29, 0.717) is 0 Å². The van der Waals surface area contributed by atoms with Gasteiger partial charge in [0.05, 0.1) is 0 Å². The molecule has 6 heteroatoms. The van der Waals surface area contributed by atoms with Gasteiger partial charge in [0.1, 0.15) is 0 Å². The maximum absolute atomic E-state index is 10.9. The van der Waals surface area contributed by atoms with Crippen LogP contribution in [0.3, 0.4) is 0 Å². The fraction of sp³-hybridized carbons (Fsp3) is 0. The number of amides is 1. The molecule has 0 saturated carbocycles. The second-order valence-corrected chi connectivity index (χ2v) is 2.19. The standard InChI is InChI=1S/C6H3ClN4O/c7-5-2-1-4(10-11-5)6(12)9-3-8/h1-2H,(H,9,12). The summed E-state index contributed by atoms with van der Waals surface area (Å²) in [6.07, 6.45) is 1.48. The molecule has 1 rings (SSSR count). The van der Waals surface area contributed by atoms with Crippen molar-refractivity contribution in [3.05, 3.63) is 23.0 Å². The summed E-state index contributed by atoms with van der Waals surface area (Å²) in [5, 5.41) is 17.1. The SMILES string of the molecule is N#CNC(=O)c1ccc(Cl)nn1. The lowest BCUT2D eigenvalue weighted by atomic mass is 10.4. The molecule has 1 N–H and O–H groups in total. The Bertz CT molecular complexity index is 328. The van der Waals surface area contributed by atoms with Crippen LogP contribution in [-0.2, 0) is 0 Å². The van der Waals surface area contributed by atoms with Gasteiger partial charge in [-0.25, -0.2) is 0 Å². The van der Waals surface area contributed by atoms with Crippen LogP contribution in [0, 0.1) is 11.5 Å². The van der Waals surface area contributed by atoms with Gasteiger partial charge >= 0.3 is 0 Å². The molecule has 5 nitrogen and oxygen atoms in total. The van der Waals surface area contributed by atoms with Crippen molar-refractivity contribution in [3.8, 4) is 6.19 Å². The van der Waals surface area contributed by atoms with Crippen molar-refractivity contribution in [1.29, 1.82) is 5.26 Å². The van der Waals surface area contributed by atoms with Crippen molar-refractivity contribution in [2.45, 2.75) is 0 Å². The van der Waals surface area contributed by atoms with Gasteiger partial charge in [0.25, 0.3) is 5.91 Å². The maximum Gasteiger partial charge on any atom is 0.284 e. The van der Waals surface area contributed by atoms with Gasteiger partial charge in [0.15, 0.2) is 17.0 Å². The van der Waals surface area contributed by atoms with E-state index in [1.807, 2.05) is 5.32 Å². The number of aromatic nitrogens is 2. The molecule has 1 heterocycles. The van der Waals surface area contributed by atoms with Crippen LogP contribution in [0.15, 0.2) is 12.1 Å². The van der Waals surface area contributed by atoms with E-state index in [-0.39, 0.29) is 10.8 Å². The lowest BCUT2D eigenvalue weighted by Crippen LogP contribution is -2.18. The second kappa shape index (κ2) is 3.64. The molecule has 0 aromatic carbocycles. The maximum atomic E-state index is 10.9. The van der Waals surface area contributed by atoms with E-state index in [9.17, 15) is 4.79 Å². The quantitative estimate of drug-likeness (QED) is 0.502. The summed E-state index contributed by atoms with van der Waals surface area (Å²) in [5.74, 6) is -0.596. The van der Waals surface area contributed by atoms with Crippen LogP contribution < -0.4 is 5.32 Å². The van der Waals surface area contributed by atoms with Crippen LogP contribution in [0.25, 0.3) is 0 Å². The summed E-state index contributed by atoms with van der Waals surface area (Å²) in [6, 6.07) is 2.79. The number of carbonyl (C=O) groups excluding carboxylic acids is 1. The minimum atomic E-state index is -0.596. The van der Waals surface area contributed by atoms with Gasteiger partial charge in [-0.3, -0.25) is 10.1 Å². The van der Waals surface area contributed by atoms with E-state index in [0.717, 1.165) is 0 Å². The highest BCUT2D eigenvalue weighted by molar-refractivity contribution is 6.29. The molecule has 12 heavy (non-hydrogen) atoms. The van der Waals surface area contributed by atoms with Gasteiger partial charge in [0.2, 0.25) is 0 Å². The zero-order valence-electron chi connectivity index (χ0n) is 5.78. The van der Waals surface area contributed by atoms with Crippen LogP contribution >= 0.6 is 11.6 Å². The molecule has 60 valence electrons. The highest BCUT2D eigenvalue weighted by Crippen LogP contribution is 2.01. The Hall–Kier alpha value is -1.67. The zero-order valence-corrected chi connectivity index (χ0v) is 6.54. The Morgan fingerprint density at radius 1 is 1.58 bits per heavy atom. The van der Waals surface area contributed by atoms with Crippen molar-refractivity contribution in [3.63, 3.8) is 0 Å². The van der Waals surface area contributed by atoms with Crippen LogP contribution in [0.4, 0.5) is 0 Å².